The quantitative estimate of drug-likeness (QED) is 0.727. The van der Waals surface area contributed by atoms with Crippen molar-refractivity contribution >= 4 is 12.4 Å². The number of rotatable bonds is 6. The Kier molecular flexibility index (Phi) is 4.73. The van der Waals surface area contributed by atoms with Gasteiger partial charge in [-0.05, 0) is 25.3 Å². The van der Waals surface area contributed by atoms with Crippen molar-refractivity contribution in [3.8, 4) is 0 Å². The van der Waals surface area contributed by atoms with Gasteiger partial charge in [0.05, 0.1) is 7.11 Å². The normalized spacial score (nSPS) is 25.7. The molecular weight excluding hydrogens is 232 g/mol. The fourth-order valence-corrected chi connectivity index (χ4v) is 2.26. The Morgan fingerprint density at radius 1 is 1.61 bits per heavy atom. The number of nitrogens with zero attached hydrogens (tertiary/aromatic N) is 1. The van der Waals surface area contributed by atoms with Crippen molar-refractivity contribution in [2.45, 2.75) is 38.8 Å². The van der Waals surface area contributed by atoms with Crippen LogP contribution < -0.4 is 5.32 Å². The average Bonchev–Trinajstić information content (AvgIpc) is 3.04. The Labute approximate surface area is 109 Å². The summed E-state index contributed by atoms with van der Waals surface area (Å²) < 4.78 is 4.61. The lowest BCUT2D eigenvalue weighted by molar-refractivity contribution is -0.115. The van der Waals surface area contributed by atoms with Crippen LogP contribution in [-0.4, -0.2) is 49.6 Å². The number of amides is 1. The number of alkyl carbamates (subject to hydrolysis) is 1. The van der Waals surface area contributed by atoms with E-state index in [4.69, 9.17) is 0 Å². The van der Waals surface area contributed by atoms with Gasteiger partial charge in [-0.25, -0.2) is 4.79 Å². The molecule has 0 radical (unpaired) electrons. The molecule has 1 aliphatic rings. The number of carbonyl (C=O) groups is 2. The van der Waals surface area contributed by atoms with Crippen LogP contribution in [0.15, 0.2) is 0 Å². The third-order valence-corrected chi connectivity index (χ3v) is 3.90. The number of ether oxygens (including phenoxy) is 1. The number of hydrogen-bond acceptors (Lipinski definition) is 4. The monoisotopic (exact) mass is 256 g/mol. The molecule has 104 valence electrons. The maximum absolute atomic E-state index is 11.5. The molecule has 0 aromatic carbocycles. The molecule has 0 heterocycles. The number of aldehydes is 1. The van der Waals surface area contributed by atoms with Gasteiger partial charge < -0.3 is 19.7 Å². The summed E-state index contributed by atoms with van der Waals surface area (Å²) in [5, 5.41) is 2.69. The van der Waals surface area contributed by atoms with Crippen LogP contribution >= 0.6 is 0 Å². The molecule has 0 bridgehead atoms. The lowest BCUT2D eigenvalue weighted by atomic mass is 9.87. The lowest BCUT2D eigenvalue weighted by Gasteiger charge is -2.36. The third-order valence-electron chi connectivity index (χ3n) is 3.90. The van der Waals surface area contributed by atoms with Crippen LogP contribution in [0.3, 0.4) is 0 Å². The highest BCUT2D eigenvalue weighted by Gasteiger charge is 2.43. The molecule has 1 aliphatic carbocycles. The molecule has 5 heteroatoms. The van der Waals surface area contributed by atoms with Crippen molar-refractivity contribution in [2.75, 3.05) is 20.7 Å². The van der Waals surface area contributed by atoms with Crippen LogP contribution in [0.25, 0.3) is 0 Å². The van der Waals surface area contributed by atoms with E-state index in [1.165, 1.54) is 7.11 Å². The Hall–Kier alpha value is -1.10. The fraction of sp³-hybridized carbons (Fsp3) is 0.846. The van der Waals surface area contributed by atoms with Crippen molar-refractivity contribution in [3.63, 3.8) is 0 Å². The van der Waals surface area contributed by atoms with Crippen LogP contribution in [0.1, 0.15) is 27.2 Å². The van der Waals surface area contributed by atoms with Gasteiger partial charge in [0, 0.05) is 12.6 Å². The van der Waals surface area contributed by atoms with Crippen LogP contribution in [0.4, 0.5) is 4.79 Å². The van der Waals surface area contributed by atoms with E-state index in [0.29, 0.717) is 18.5 Å². The van der Waals surface area contributed by atoms with Crippen molar-refractivity contribution in [3.05, 3.63) is 0 Å². The summed E-state index contributed by atoms with van der Waals surface area (Å²) in [5.74, 6) is 0.676. The van der Waals surface area contributed by atoms with Gasteiger partial charge in [-0.1, -0.05) is 20.8 Å². The van der Waals surface area contributed by atoms with Gasteiger partial charge in [0.2, 0.25) is 0 Å². The molecule has 18 heavy (non-hydrogen) atoms. The second-order valence-electron chi connectivity index (χ2n) is 5.62. The van der Waals surface area contributed by atoms with Gasteiger partial charge in [-0.2, -0.15) is 0 Å². The van der Waals surface area contributed by atoms with E-state index >= 15 is 0 Å². The summed E-state index contributed by atoms with van der Waals surface area (Å²) >= 11 is 0. The molecule has 0 aromatic rings. The summed E-state index contributed by atoms with van der Waals surface area (Å²) in [6.07, 6.45) is 1.42. The highest BCUT2D eigenvalue weighted by molar-refractivity contribution is 5.77. The summed E-state index contributed by atoms with van der Waals surface area (Å²) in [4.78, 5) is 25.0. The minimum atomic E-state index is -0.885. The summed E-state index contributed by atoms with van der Waals surface area (Å²) in [6.45, 7) is 6.55. The Morgan fingerprint density at radius 2 is 2.17 bits per heavy atom. The van der Waals surface area contributed by atoms with Crippen LogP contribution in [0, 0.1) is 11.8 Å². The zero-order chi connectivity index (χ0) is 13.9. The minimum Gasteiger partial charge on any atom is -0.453 e. The molecule has 2 unspecified atom stereocenters. The number of methoxy groups -OCH3 is 1. The highest BCUT2D eigenvalue weighted by atomic mass is 16.5. The molecule has 1 rings (SSSR count). The zero-order valence-corrected chi connectivity index (χ0v) is 11.9. The van der Waals surface area contributed by atoms with Crippen LogP contribution in [0.5, 0.6) is 0 Å². The molecule has 0 spiro atoms. The molecule has 0 aliphatic heterocycles. The van der Waals surface area contributed by atoms with E-state index in [-0.39, 0.29) is 5.92 Å². The van der Waals surface area contributed by atoms with Crippen LogP contribution in [-0.2, 0) is 9.53 Å². The predicted molar refractivity (Wildman–Crippen MR) is 69.4 cm³/mol. The van der Waals surface area contributed by atoms with E-state index in [1.54, 1.807) is 0 Å². The van der Waals surface area contributed by atoms with Gasteiger partial charge in [0.1, 0.15) is 11.8 Å². The number of hydrogen-bond donors (Lipinski definition) is 1. The van der Waals surface area contributed by atoms with E-state index in [1.807, 2.05) is 20.9 Å². The van der Waals surface area contributed by atoms with E-state index in [0.717, 1.165) is 12.7 Å². The molecule has 1 fully saturated rings. The number of nitrogens with one attached hydrogen (secondary N) is 1. The highest BCUT2D eigenvalue weighted by Crippen LogP contribution is 2.35. The van der Waals surface area contributed by atoms with Gasteiger partial charge in [-0.3, -0.25) is 0 Å². The SMILES string of the molecule is COC(=O)N[C@@](C=O)(CN(C)C1CC1C)C(C)C. The Bertz CT molecular complexity index is 319. The molecule has 5 nitrogen and oxygen atoms in total. The molecule has 0 saturated heterocycles. The van der Waals surface area contributed by atoms with Crippen molar-refractivity contribution in [1.82, 2.24) is 10.2 Å². The van der Waals surface area contributed by atoms with E-state index in [9.17, 15) is 9.59 Å². The Morgan fingerprint density at radius 3 is 2.50 bits per heavy atom. The lowest BCUT2D eigenvalue weighted by Crippen LogP contribution is -2.60. The molecule has 1 amide bonds. The fourth-order valence-electron chi connectivity index (χ4n) is 2.26. The maximum Gasteiger partial charge on any atom is 0.407 e. The molecule has 3 atom stereocenters. The molecular formula is C13H24N2O3. The topological polar surface area (TPSA) is 58.6 Å². The predicted octanol–water partition coefficient (Wildman–Crippen LogP) is 1.28. The molecule has 1 N–H and O–H groups in total. The first-order valence-corrected chi connectivity index (χ1v) is 6.39. The second kappa shape index (κ2) is 5.69. The average molecular weight is 256 g/mol. The maximum atomic E-state index is 11.5. The zero-order valence-electron chi connectivity index (χ0n) is 11.9. The van der Waals surface area contributed by atoms with E-state index < -0.39 is 11.6 Å². The summed E-state index contributed by atoms with van der Waals surface area (Å²) in [5.41, 5.74) is -0.885. The first kappa shape index (κ1) is 15.0. The first-order chi connectivity index (χ1) is 8.36. The van der Waals surface area contributed by atoms with Gasteiger partial charge in [0.15, 0.2) is 0 Å². The third kappa shape index (κ3) is 3.22. The largest absolute Gasteiger partial charge is 0.453 e. The molecule has 0 aromatic heterocycles. The van der Waals surface area contributed by atoms with Crippen LogP contribution in [0.2, 0.25) is 0 Å². The standard InChI is InChI=1S/C13H24N2O3/c1-9(2)13(8-16,14-12(17)18-5)7-15(4)11-6-10(11)3/h8-11H,6-7H2,1-5H3,(H,14,17)/t10?,11?,13-/m1/s1. The van der Waals surface area contributed by atoms with Crippen molar-refractivity contribution in [1.29, 1.82) is 0 Å². The van der Waals surface area contributed by atoms with Gasteiger partial charge in [-0.15, -0.1) is 0 Å². The summed E-state index contributed by atoms with van der Waals surface area (Å²) in [6, 6.07) is 0.516. The number of carbonyl (C=O) groups excluding carboxylic acids is 2. The first-order valence-electron chi connectivity index (χ1n) is 6.39. The summed E-state index contributed by atoms with van der Waals surface area (Å²) in [7, 11) is 3.30. The van der Waals surface area contributed by atoms with Gasteiger partial charge >= 0.3 is 6.09 Å². The smallest absolute Gasteiger partial charge is 0.407 e. The van der Waals surface area contributed by atoms with E-state index in [2.05, 4.69) is 21.9 Å². The van der Waals surface area contributed by atoms with Crippen molar-refractivity contribution < 1.29 is 14.3 Å². The Balaban J connectivity index is 2.75. The van der Waals surface area contributed by atoms with Crippen molar-refractivity contribution in [2.24, 2.45) is 11.8 Å². The minimum absolute atomic E-state index is 0.00519. The van der Waals surface area contributed by atoms with Gasteiger partial charge in [0.25, 0.3) is 0 Å². The molecule has 1 saturated carbocycles. The number of likely N-dealkylation sites (N-methyl/N-ethyl adjacent to an activating group) is 1. The second-order valence-corrected chi connectivity index (χ2v) is 5.62.